The van der Waals surface area contributed by atoms with Gasteiger partial charge in [0.1, 0.15) is 0 Å². The SMILES string of the molecule is C.C.C[SiH]1O[Si](C)(CCCOCCC(F)(F)F)CCCCO[Si](C)(CCC2CCC3OC3C2)O1.FCC(F)(F)F.FCC(F)(F)F.FCOF.FCOF.FF. The Kier molecular flexibility index (Phi) is 40.2. The van der Waals surface area contributed by atoms with Gasteiger partial charge in [-0.2, -0.15) is 49.4 Å². The largest absolute Gasteiger partial charge is 0.438 e. The molecule has 3 fully saturated rings. The summed E-state index contributed by atoms with van der Waals surface area (Å²) in [6.07, 6.45) is -5.60. The highest BCUT2D eigenvalue weighted by Crippen LogP contribution is 2.42. The van der Waals surface area contributed by atoms with Crippen LogP contribution in [0.4, 0.5) is 75.3 Å². The molecular formula is C29H57F17O7Si3. The third kappa shape index (κ3) is 41.3. The molecule has 0 amide bonds. The van der Waals surface area contributed by atoms with Crippen molar-refractivity contribution >= 4 is 26.2 Å². The van der Waals surface area contributed by atoms with E-state index in [2.05, 4.69) is 29.5 Å². The lowest BCUT2D eigenvalue weighted by Gasteiger charge is -2.37. The summed E-state index contributed by atoms with van der Waals surface area (Å²) in [6.45, 7) is 0.283. The van der Waals surface area contributed by atoms with E-state index >= 15 is 0 Å². The summed E-state index contributed by atoms with van der Waals surface area (Å²) >= 11 is 0. The van der Waals surface area contributed by atoms with Crippen molar-refractivity contribution < 1.29 is 107 Å². The molecule has 3 rings (SSSR count). The van der Waals surface area contributed by atoms with Crippen molar-refractivity contribution in [1.82, 2.24) is 0 Å². The quantitative estimate of drug-likeness (QED) is 0.0885. The highest BCUT2D eigenvalue weighted by Gasteiger charge is 2.45. The molecule has 0 bridgehead atoms. The predicted octanol–water partition coefficient (Wildman–Crippen LogP) is 12.4. The summed E-state index contributed by atoms with van der Waals surface area (Å²) < 4.78 is 206. The molecule has 2 aliphatic heterocycles. The van der Waals surface area contributed by atoms with Crippen LogP contribution < -0.4 is 0 Å². The standard InChI is InChI=1S/C21H41F3O5Si3.2C2H2F4.2CH2F2O.2CH4.F2/c1-30-28-31(2,15-6-11-25-13-10-21(22,23)24)14-5-4-12-26-32(3,29-30)16-9-18-7-8-19-20(17-18)27-19;2*3-1-2(4,5)6;2*2-1-4-3;;;1-2/h18-20,30H,4-17H2,1-3H3;2*1H2;2*1H2;2*1H4;. The van der Waals surface area contributed by atoms with Crippen LogP contribution in [0.15, 0.2) is 0 Å². The van der Waals surface area contributed by atoms with Crippen LogP contribution in [0.5, 0.6) is 0 Å². The van der Waals surface area contributed by atoms with Crippen molar-refractivity contribution in [2.24, 2.45) is 5.92 Å². The van der Waals surface area contributed by atoms with Gasteiger partial charge in [0.05, 0.1) is 25.2 Å². The van der Waals surface area contributed by atoms with E-state index in [1.54, 1.807) is 0 Å². The first-order valence-electron chi connectivity index (χ1n) is 16.3. The molecule has 1 aliphatic carbocycles. The summed E-state index contributed by atoms with van der Waals surface area (Å²) in [7, 11) is -6.09. The topological polar surface area (TPSA) is 67.9 Å². The summed E-state index contributed by atoms with van der Waals surface area (Å²) in [5.41, 5.74) is 0. The molecule has 0 aromatic rings. The van der Waals surface area contributed by atoms with Crippen LogP contribution in [0.25, 0.3) is 0 Å². The highest BCUT2D eigenvalue weighted by atomic mass is 28.5. The van der Waals surface area contributed by atoms with E-state index in [4.69, 9.17) is 31.3 Å². The minimum absolute atomic E-state index is 0. The van der Waals surface area contributed by atoms with Gasteiger partial charge in [0.2, 0.25) is 13.7 Å². The lowest BCUT2D eigenvalue weighted by atomic mass is 9.88. The van der Waals surface area contributed by atoms with Crippen molar-refractivity contribution in [3.05, 3.63) is 0 Å². The van der Waals surface area contributed by atoms with Gasteiger partial charge >= 0.3 is 27.1 Å². The summed E-state index contributed by atoms with van der Waals surface area (Å²) in [6, 6.07) is 2.97. The molecule has 0 aromatic heterocycles. The smallest absolute Gasteiger partial charge is 0.416 e. The molecule has 1 saturated carbocycles. The average Bonchev–Trinajstić information content (AvgIpc) is 3.88. The van der Waals surface area contributed by atoms with Gasteiger partial charge in [0.25, 0.3) is 9.28 Å². The first-order chi connectivity index (χ1) is 25.0. The molecule has 346 valence electrons. The molecule has 56 heavy (non-hydrogen) atoms. The number of halogens is 17. The fraction of sp³-hybridized carbons (Fsp3) is 1.00. The summed E-state index contributed by atoms with van der Waals surface area (Å²) in [4.78, 5) is 4.75. The second kappa shape index (κ2) is 35.0. The molecule has 27 heteroatoms. The van der Waals surface area contributed by atoms with Crippen molar-refractivity contribution in [2.45, 2.75) is 135 Å². The number of hydrogen-bond acceptors (Lipinski definition) is 7. The van der Waals surface area contributed by atoms with Crippen LogP contribution in [0, 0.1) is 5.92 Å². The van der Waals surface area contributed by atoms with Crippen molar-refractivity contribution in [3.63, 3.8) is 0 Å². The van der Waals surface area contributed by atoms with E-state index in [9.17, 15) is 66.1 Å². The molecular weight excluding hydrogens is 868 g/mol. The minimum atomic E-state index is -4.62. The number of ether oxygens (including phenoxy) is 2. The van der Waals surface area contributed by atoms with E-state index in [-0.39, 0.29) is 21.5 Å². The Balaban J connectivity index is -0.000000298. The van der Waals surface area contributed by atoms with E-state index in [0.717, 1.165) is 56.3 Å². The zero-order chi connectivity index (χ0) is 42.5. The predicted molar refractivity (Wildman–Crippen MR) is 181 cm³/mol. The summed E-state index contributed by atoms with van der Waals surface area (Å²) in [5.74, 6) is 0.723. The molecule has 0 aromatic carbocycles. The first kappa shape index (κ1) is 64.3. The van der Waals surface area contributed by atoms with Gasteiger partial charge in [0.15, 0.2) is 21.7 Å². The Hall–Kier alpha value is -0.819. The van der Waals surface area contributed by atoms with Crippen LogP contribution >= 0.6 is 0 Å². The van der Waals surface area contributed by atoms with Gasteiger partial charge < -0.3 is 22.1 Å². The Morgan fingerprint density at radius 2 is 1.21 bits per heavy atom. The Bertz CT molecular complexity index is 853. The molecule has 0 N–H and O–H groups in total. The Morgan fingerprint density at radius 3 is 1.64 bits per heavy atom. The second-order valence-corrected chi connectivity index (χ2v) is 22.1. The fourth-order valence-corrected chi connectivity index (χ4v) is 17.2. The van der Waals surface area contributed by atoms with Crippen LogP contribution in [-0.4, -0.2) is 104 Å². The maximum atomic E-state index is 12.2. The lowest BCUT2D eigenvalue weighted by Crippen LogP contribution is -2.49. The lowest BCUT2D eigenvalue weighted by molar-refractivity contribution is -0.167. The maximum Gasteiger partial charge on any atom is 0.416 e. The van der Waals surface area contributed by atoms with Gasteiger partial charge in [-0.05, 0) is 91.3 Å². The molecule has 2 heterocycles. The van der Waals surface area contributed by atoms with Gasteiger partial charge in [-0.15, -0.1) is 0 Å². The molecule has 0 spiro atoms. The number of hydrogen-bond donors (Lipinski definition) is 0. The van der Waals surface area contributed by atoms with E-state index in [1.807, 2.05) is 0 Å². The monoisotopic (exact) mass is 924 g/mol. The normalized spacial score (nSPS) is 25.9. The first-order valence-corrected chi connectivity index (χ1v) is 23.7. The van der Waals surface area contributed by atoms with Gasteiger partial charge in [-0.1, -0.05) is 21.3 Å². The number of alkyl halides is 13. The van der Waals surface area contributed by atoms with Crippen molar-refractivity contribution in [2.75, 3.05) is 46.9 Å². The van der Waals surface area contributed by atoms with Crippen molar-refractivity contribution in [3.8, 4) is 0 Å². The third-order valence-corrected chi connectivity index (χ3v) is 19.2. The van der Waals surface area contributed by atoms with E-state index < -0.39 is 78.2 Å². The molecule has 2 saturated heterocycles. The number of epoxide rings is 1. The summed E-state index contributed by atoms with van der Waals surface area (Å²) in [5, 5.41) is 0. The van der Waals surface area contributed by atoms with Gasteiger partial charge in [0, 0.05) is 22.4 Å². The molecule has 6 unspecified atom stereocenters. The Morgan fingerprint density at radius 1 is 0.714 bits per heavy atom. The zero-order valence-corrected chi connectivity index (χ0v) is 33.0. The average molecular weight is 925 g/mol. The van der Waals surface area contributed by atoms with Crippen LogP contribution in [0.1, 0.15) is 66.2 Å². The zero-order valence-electron chi connectivity index (χ0n) is 29.8. The maximum absolute atomic E-state index is 12.2. The second-order valence-electron chi connectivity index (χ2n) is 12.1. The minimum Gasteiger partial charge on any atom is -0.438 e. The third-order valence-electron chi connectivity index (χ3n) is 7.40. The molecule has 0 radical (unpaired) electrons. The number of fused-ring (bicyclic) bond motifs is 1. The highest BCUT2D eigenvalue weighted by molar-refractivity contribution is 6.81. The van der Waals surface area contributed by atoms with Crippen LogP contribution in [0.3, 0.4) is 0 Å². The Labute approximate surface area is 321 Å². The van der Waals surface area contributed by atoms with Crippen LogP contribution in [0.2, 0.25) is 37.8 Å². The molecule has 3 aliphatic rings. The van der Waals surface area contributed by atoms with Gasteiger partial charge in [-0.3, -0.25) is 0 Å². The van der Waals surface area contributed by atoms with E-state index in [1.165, 1.54) is 19.3 Å². The van der Waals surface area contributed by atoms with E-state index in [0.29, 0.717) is 18.8 Å². The van der Waals surface area contributed by atoms with Crippen molar-refractivity contribution in [1.29, 1.82) is 0 Å². The molecule has 6 atom stereocenters. The van der Waals surface area contributed by atoms with Crippen LogP contribution in [-0.2, 0) is 32.0 Å². The van der Waals surface area contributed by atoms with Gasteiger partial charge in [-0.25, -0.2) is 17.6 Å². The fourth-order valence-electron chi connectivity index (χ4n) is 5.13. The number of rotatable bonds is 11. The molecule has 7 nitrogen and oxygen atoms in total.